The van der Waals surface area contributed by atoms with Crippen molar-refractivity contribution in [1.29, 1.82) is 0 Å². The van der Waals surface area contributed by atoms with Crippen LogP contribution in [0.2, 0.25) is 0 Å². The van der Waals surface area contributed by atoms with Crippen molar-refractivity contribution in [2.75, 3.05) is 5.73 Å². The van der Waals surface area contributed by atoms with Crippen LogP contribution in [0.25, 0.3) is 11.0 Å². The number of imidazole rings is 1. The average molecular weight is 269 g/mol. The van der Waals surface area contributed by atoms with E-state index in [2.05, 4.69) is 23.0 Å². The predicted octanol–water partition coefficient (Wildman–Crippen LogP) is 3.75. The maximum Gasteiger partial charge on any atom is 0.166 e. The normalized spacial score (nSPS) is 11.0. The number of aryl methyl sites for hydroxylation is 1. The highest BCUT2D eigenvalue weighted by molar-refractivity contribution is 7.98. The van der Waals surface area contributed by atoms with E-state index in [-0.39, 0.29) is 0 Å². The zero-order chi connectivity index (χ0) is 13.2. The van der Waals surface area contributed by atoms with Gasteiger partial charge in [0.25, 0.3) is 0 Å². The molecule has 3 nitrogen and oxygen atoms in total. The first-order valence-corrected chi connectivity index (χ1v) is 7.13. The van der Waals surface area contributed by atoms with Gasteiger partial charge in [-0.2, -0.15) is 0 Å². The number of thioether (sulfide) groups is 1. The Morgan fingerprint density at radius 3 is 2.89 bits per heavy atom. The molecule has 19 heavy (non-hydrogen) atoms. The topological polar surface area (TPSA) is 54.7 Å². The van der Waals surface area contributed by atoms with E-state index in [1.165, 1.54) is 5.56 Å². The summed E-state index contributed by atoms with van der Waals surface area (Å²) in [5.41, 5.74) is 11.3. The van der Waals surface area contributed by atoms with Gasteiger partial charge in [-0.3, -0.25) is 0 Å². The maximum absolute atomic E-state index is 5.98. The van der Waals surface area contributed by atoms with E-state index in [0.717, 1.165) is 33.2 Å². The second-order valence-electron chi connectivity index (χ2n) is 4.55. The molecular formula is C15H15N3S. The van der Waals surface area contributed by atoms with Crippen LogP contribution in [0.3, 0.4) is 0 Å². The summed E-state index contributed by atoms with van der Waals surface area (Å²) in [6.45, 7) is 2.08. The summed E-state index contributed by atoms with van der Waals surface area (Å²) in [5.74, 6) is 0.827. The first-order chi connectivity index (χ1) is 9.22. The third-order valence-corrected chi connectivity index (χ3v) is 3.95. The van der Waals surface area contributed by atoms with Gasteiger partial charge in [-0.1, -0.05) is 41.6 Å². The molecule has 0 aliphatic carbocycles. The molecule has 96 valence electrons. The van der Waals surface area contributed by atoms with Gasteiger partial charge >= 0.3 is 0 Å². The Balaban J connectivity index is 1.80. The molecule has 0 fully saturated rings. The van der Waals surface area contributed by atoms with Crippen LogP contribution in [0, 0.1) is 6.92 Å². The molecule has 2 aromatic carbocycles. The molecule has 0 atom stereocenters. The highest BCUT2D eigenvalue weighted by atomic mass is 32.2. The van der Waals surface area contributed by atoms with E-state index < -0.39 is 0 Å². The fourth-order valence-electron chi connectivity index (χ4n) is 2.00. The van der Waals surface area contributed by atoms with Gasteiger partial charge in [-0.15, -0.1) is 0 Å². The third-order valence-electron chi connectivity index (χ3n) is 3.03. The Kier molecular flexibility index (Phi) is 3.17. The number of rotatable bonds is 3. The summed E-state index contributed by atoms with van der Waals surface area (Å²) in [4.78, 5) is 7.86. The summed E-state index contributed by atoms with van der Waals surface area (Å²) in [6.07, 6.45) is 0. The lowest BCUT2D eigenvalue weighted by Gasteiger charge is -2.05. The van der Waals surface area contributed by atoms with Crippen LogP contribution < -0.4 is 5.73 Å². The predicted molar refractivity (Wildman–Crippen MR) is 81.2 cm³/mol. The fraction of sp³-hybridized carbons (Fsp3) is 0.133. The maximum atomic E-state index is 5.98. The molecule has 1 aromatic heterocycles. The molecule has 0 radical (unpaired) electrons. The number of nitrogens with zero attached hydrogens (tertiary/aromatic N) is 1. The molecule has 0 unspecified atom stereocenters. The van der Waals surface area contributed by atoms with Crippen molar-refractivity contribution in [3.63, 3.8) is 0 Å². The van der Waals surface area contributed by atoms with E-state index in [1.807, 2.05) is 36.4 Å². The van der Waals surface area contributed by atoms with Crippen LogP contribution in [-0.4, -0.2) is 9.97 Å². The minimum Gasteiger partial charge on any atom is -0.398 e. The van der Waals surface area contributed by atoms with Gasteiger partial charge in [0.1, 0.15) is 0 Å². The van der Waals surface area contributed by atoms with Gasteiger partial charge in [0.05, 0.1) is 11.0 Å². The van der Waals surface area contributed by atoms with Gasteiger partial charge in [-0.05, 0) is 30.7 Å². The molecule has 3 rings (SSSR count). The van der Waals surface area contributed by atoms with Crippen molar-refractivity contribution in [1.82, 2.24) is 9.97 Å². The molecule has 1 heterocycles. The Morgan fingerprint density at radius 2 is 2.05 bits per heavy atom. The fourth-order valence-corrected chi connectivity index (χ4v) is 2.89. The molecule has 0 aliphatic rings. The van der Waals surface area contributed by atoms with Crippen LogP contribution in [-0.2, 0) is 5.75 Å². The number of aromatic nitrogens is 2. The van der Waals surface area contributed by atoms with E-state index in [9.17, 15) is 0 Å². The molecule has 3 aromatic rings. The number of nitrogen functional groups attached to an aromatic ring is 1. The zero-order valence-electron chi connectivity index (χ0n) is 10.7. The van der Waals surface area contributed by atoms with E-state index in [0.29, 0.717) is 0 Å². The summed E-state index contributed by atoms with van der Waals surface area (Å²) < 4.78 is 0. The first kappa shape index (κ1) is 12.1. The Labute approximate surface area is 116 Å². The van der Waals surface area contributed by atoms with Crippen LogP contribution in [0.1, 0.15) is 11.1 Å². The number of hydrogen-bond acceptors (Lipinski definition) is 3. The quantitative estimate of drug-likeness (QED) is 0.562. The molecule has 0 bridgehead atoms. The van der Waals surface area contributed by atoms with Gasteiger partial charge in [0.15, 0.2) is 5.16 Å². The molecule has 0 aliphatic heterocycles. The molecular weight excluding hydrogens is 254 g/mol. The number of hydrogen-bond donors (Lipinski definition) is 2. The van der Waals surface area contributed by atoms with Gasteiger partial charge in [0.2, 0.25) is 0 Å². The number of nitrogens with two attached hydrogens (primary N) is 1. The number of aromatic amines is 1. The Morgan fingerprint density at radius 1 is 1.21 bits per heavy atom. The SMILES string of the molecule is Cc1ccc(N)c(CSc2nc3ccccc3[nH]2)c1. The average Bonchev–Trinajstić information content (AvgIpc) is 2.82. The summed E-state index contributed by atoms with van der Waals surface area (Å²) in [6, 6.07) is 14.2. The smallest absolute Gasteiger partial charge is 0.166 e. The summed E-state index contributed by atoms with van der Waals surface area (Å²) in [7, 11) is 0. The molecule has 0 spiro atoms. The lowest BCUT2D eigenvalue weighted by atomic mass is 10.1. The largest absolute Gasteiger partial charge is 0.398 e. The zero-order valence-corrected chi connectivity index (χ0v) is 11.5. The van der Waals surface area contributed by atoms with E-state index >= 15 is 0 Å². The highest BCUT2D eigenvalue weighted by Gasteiger charge is 2.05. The Hall–Kier alpha value is -1.94. The number of para-hydroxylation sites is 2. The lowest BCUT2D eigenvalue weighted by molar-refractivity contribution is 1.08. The number of nitrogens with one attached hydrogen (secondary N) is 1. The van der Waals surface area contributed by atoms with E-state index in [1.54, 1.807) is 11.8 Å². The van der Waals surface area contributed by atoms with Crippen LogP contribution in [0.4, 0.5) is 5.69 Å². The van der Waals surface area contributed by atoms with Crippen LogP contribution in [0.5, 0.6) is 0 Å². The van der Waals surface area contributed by atoms with E-state index in [4.69, 9.17) is 5.73 Å². The standard InChI is InChI=1S/C15H15N3S/c1-10-6-7-12(16)11(8-10)9-19-15-17-13-4-2-3-5-14(13)18-15/h2-8H,9,16H2,1H3,(H,17,18). The Bertz CT molecular complexity index is 685. The van der Waals surface area contributed by atoms with Crippen LogP contribution >= 0.6 is 11.8 Å². The molecule has 0 saturated heterocycles. The second-order valence-corrected chi connectivity index (χ2v) is 5.51. The number of H-pyrrole nitrogens is 1. The molecule has 4 heteroatoms. The van der Waals surface area contributed by atoms with Gasteiger partial charge in [-0.25, -0.2) is 4.98 Å². The summed E-state index contributed by atoms with van der Waals surface area (Å²) >= 11 is 1.68. The first-order valence-electron chi connectivity index (χ1n) is 6.15. The van der Waals surface area contributed by atoms with Crippen molar-refractivity contribution in [3.05, 3.63) is 53.6 Å². The van der Waals surface area contributed by atoms with Crippen molar-refractivity contribution in [2.45, 2.75) is 17.8 Å². The van der Waals surface area contributed by atoms with Gasteiger partial charge < -0.3 is 10.7 Å². The second kappa shape index (κ2) is 4.97. The minimum absolute atomic E-state index is 0.827. The number of benzene rings is 2. The van der Waals surface area contributed by atoms with Crippen LogP contribution in [0.15, 0.2) is 47.6 Å². The van der Waals surface area contributed by atoms with Crippen molar-refractivity contribution >= 4 is 28.5 Å². The van der Waals surface area contributed by atoms with Crippen molar-refractivity contribution < 1.29 is 0 Å². The highest BCUT2D eigenvalue weighted by Crippen LogP contribution is 2.25. The minimum atomic E-state index is 0.827. The monoisotopic (exact) mass is 269 g/mol. The molecule has 3 N–H and O–H groups in total. The molecule has 0 saturated carbocycles. The van der Waals surface area contributed by atoms with Crippen molar-refractivity contribution in [2.24, 2.45) is 0 Å². The number of fused-ring (bicyclic) bond motifs is 1. The van der Waals surface area contributed by atoms with Crippen molar-refractivity contribution in [3.8, 4) is 0 Å². The molecule has 0 amide bonds. The lowest BCUT2D eigenvalue weighted by Crippen LogP contribution is -1.93. The number of anilines is 1. The third kappa shape index (κ3) is 2.58. The summed E-state index contributed by atoms with van der Waals surface area (Å²) in [5, 5.41) is 0.933. The van der Waals surface area contributed by atoms with Gasteiger partial charge in [0, 0.05) is 11.4 Å².